The van der Waals surface area contributed by atoms with Gasteiger partial charge in [-0.3, -0.25) is 0 Å². The van der Waals surface area contributed by atoms with Crippen LogP contribution in [-0.2, 0) is 0 Å². The van der Waals surface area contributed by atoms with Gasteiger partial charge in [0.2, 0.25) is 0 Å². The Labute approximate surface area is 113 Å². The molecule has 0 radical (unpaired) electrons. The molecular weight excluding hydrogens is 335 g/mol. The molecule has 1 aliphatic heterocycles. The molecule has 2 rings (SSSR count). The minimum absolute atomic E-state index is 0.157. The van der Waals surface area contributed by atoms with Gasteiger partial charge in [0.15, 0.2) is 0 Å². The van der Waals surface area contributed by atoms with Crippen LogP contribution in [0.5, 0.6) is 17.2 Å². The molecule has 98 valence electrons. The summed E-state index contributed by atoms with van der Waals surface area (Å²) in [5.74, 6) is 2.33. The standard InChI is InChI=1S/C11H11O3.3CH3.Sn/c1-8(2)14-9-3-4-10-11(7-9)13-6-5-12-10;;;;/h3-5,7-8H,1-2H3;3*1H3;. The van der Waals surface area contributed by atoms with E-state index in [4.69, 9.17) is 14.2 Å². The molecule has 0 amide bonds. The van der Waals surface area contributed by atoms with Gasteiger partial charge in [-0.2, -0.15) is 0 Å². The average Bonchev–Trinajstić information content (AvgIpc) is 2.26. The summed E-state index contributed by atoms with van der Waals surface area (Å²) < 4.78 is 18.3. The molecule has 1 aromatic carbocycles. The Balaban J connectivity index is 2.23. The Kier molecular flexibility index (Phi) is 3.80. The fraction of sp³-hybridized carbons (Fsp3) is 0.429. The van der Waals surface area contributed by atoms with Gasteiger partial charge in [0.1, 0.15) is 0 Å². The third-order valence-electron chi connectivity index (χ3n) is 2.54. The summed E-state index contributed by atoms with van der Waals surface area (Å²) in [6.45, 7) is 4.02. The van der Waals surface area contributed by atoms with Crippen LogP contribution in [0.3, 0.4) is 0 Å². The quantitative estimate of drug-likeness (QED) is 0.769. The van der Waals surface area contributed by atoms with Gasteiger partial charge in [0.25, 0.3) is 0 Å². The first kappa shape index (κ1) is 13.6. The second-order valence-electron chi connectivity index (χ2n) is 5.73. The van der Waals surface area contributed by atoms with Crippen LogP contribution in [0.25, 0.3) is 0 Å². The van der Waals surface area contributed by atoms with Crippen LogP contribution in [0.1, 0.15) is 13.8 Å². The van der Waals surface area contributed by atoms with Gasteiger partial charge in [0.05, 0.1) is 0 Å². The minimum atomic E-state index is -2.23. The number of benzene rings is 1. The summed E-state index contributed by atoms with van der Waals surface area (Å²) in [6, 6.07) is 5.69. The first-order valence-corrected chi connectivity index (χ1v) is 16.2. The number of fused-ring (bicyclic) bond motifs is 1. The van der Waals surface area contributed by atoms with Gasteiger partial charge in [0, 0.05) is 0 Å². The van der Waals surface area contributed by atoms with Crippen molar-refractivity contribution in [2.24, 2.45) is 0 Å². The van der Waals surface area contributed by atoms with Crippen molar-refractivity contribution in [3.8, 4) is 17.2 Å². The van der Waals surface area contributed by atoms with Crippen LogP contribution in [0.2, 0.25) is 14.8 Å². The molecule has 1 aliphatic rings. The molecule has 0 aromatic heterocycles. The van der Waals surface area contributed by atoms with E-state index in [9.17, 15) is 0 Å². The van der Waals surface area contributed by atoms with Gasteiger partial charge in [-0.25, -0.2) is 0 Å². The van der Waals surface area contributed by atoms with E-state index < -0.39 is 18.4 Å². The Bertz CT molecular complexity index is 472. The maximum atomic E-state index is 5.97. The van der Waals surface area contributed by atoms with E-state index in [-0.39, 0.29) is 6.10 Å². The summed E-state index contributed by atoms with van der Waals surface area (Å²) in [7, 11) is 0. The van der Waals surface area contributed by atoms with Crippen molar-refractivity contribution in [3.05, 3.63) is 28.2 Å². The third kappa shape index (κ3) is 3.13. The van der Waals surface area contributed by atoms with E-state index in [1.54, 1.807) is 6.26 Å². The van der Waals surface area contributed by atoms with Crippen molar-refractivity contribution in [1.29, 1.82) is 0 Å². The van der Waals surface area contributed by atoms with Crippen molar-refractivity contribution < 1.29 is 14.2 Å². The van der Waals surface area contributed by atoms with Gasteiger partial charge >= 0.3 is 113 Å². The Morgan fingerprint density at radius 3 is 2.44 bits per heavy atom. The van der Waals surface area contributed by atoms with Crippen LogP contribution < -0.4 is 14.2 Å². The second-order valence-corrected chi connectivity index (χ2v) is 20.0. The van der Waals surface area contributed by atoms with Crippen LogP contribution in [0.4, 0.5) is 0 Å². The molecule has 4 heteroatoms. The van der Waals surface area contributed by atoms with E-state index in [1.165, 1.54) is 0 Å². The molecule has 1 aromatic rings. The SMILES string of the molecule is CC(C)Oc1ccc2c(c1)O[C]([Sn]([CH3])([CH3])[CH3])=CO2. The van der Waals surface area contributed by atoms with Crippen molar-refractivity contribution >= 4 is 18.4 Å². The molecule has 0 aliphatic carbocycles. The Morgan fingerprint density at radius 1 is 1.11 bits per heavy atom. The summed E-state index contributed by atoms with van der Waals surface area (Å²) in [5, 5.41) is 0. The zero-order valence-corrected chi connectivity index (χ0v) is 14.5. The molecule has 0 bridgehead atoms. The van der Waals surface area contributed by atoms with Gasteiger partial charge in [-0.05, 0) is 0 Å². The average molecular weight is 355 g/mol. The summed E-state index contributed by atoms with van der Waals surface area (Å²) >= 11 is -2.23. The summed E-state index contributed by atoms with van der Waals surface area (Å²) in [5.41, 5.74) is 0. The normalized spacial score (nSPS) is 14.4. The molecule has 1 heterocycles. The Morgan fingerprint density at radius 2 is 1.83 bits per heavy atom. The number of ether oxygens (including phenoxy) is 3. The van der Waals surface area contributed by atoms with Crippen LogP contribution in [-0.4, -0.2) is 24.5 Å². The maximum absolute atomic E-state index is 5.97. The topological polar surface area (TPSA) is 27.7 Å². The number of rotatable bonds is 3. The van der Waals surface area contributed by atoms with Crippen molar-refractivity contribution in [2.45, 2.75) is 34.8 Å². The van der Waals surface area contributed by atoms with E-state index in [0.717, 1.165) is 21.0 Å². The summed E-state index contributed by atoms with van der Waals surface area (Å²) in [6.07, 6.45) is 1.92. The van der Waals surface area contributed by atoms with Crippen LogP contribution in [0, 0.1) is 0 Å². The van der Waals surface area contributed by atoms with E-state index in [0.29, 0.717) is 0 Å². The Hall–Kier alpha value is -0.841. The van der Waals surface area contributed by atoms with Gasteiger partial charge < -0.3 is 0 Å². The predicted molar refractivity (Wildman–Crippen MR) is 74.9 cm³/mol. The fourth-order valence-electron chi connectivity index (χ4n) is 1.60. The van der Waals surface area contributed by atoms with Gasteiger partial charge in [-0.1, -0.05) is 0 Å². The van der Waals surface area contributed by atoms with Crippen LogP contribution in [0.15, 0.2) is 28.2 Å². The first-order chi connectivity index (χ1) is 8.36. The molecule has 0 atom stereocenters. The predicted octanol–water partition coefficient (Wildman–Crippen LogP) is 3.96. The fourth-order valence-corrected chi connectivity index (χ4v) is 3.97. The van der Waals surface area contributed by atoms with Gasteiger partial charge in [-0.15, -0.1) is 0 Å². The molecule has 0 saturated heterocycles. The molecule has 18 heavy (non-hydrogen) atoms. The molecule has 0 spiro atoms. The zero-order chi connectivity index (χ0) is 13.3. The third-order valence-corrected chi connectivity index (χ3v) is 7.39. The zero-order valence-electron chi connectivity index (χ0n) is 11.6. The van der Waals surface area contributed by atoms with Crippen molar-refractivity contribution in [1.82, 2.24) is 0 Å². The first-order valence-electron chi connectivity index (χ1n) is 6.22. The molecule has 0 unspecified atom stereocenters. The van der Waals surface area contributed by atoms with Crippen LogP contribution >= 0.6 is 0 Å². The molecule has 0 saturated carbocycles. The number of hydrogen-bond donors (Lipinski definition) is 0. The van der Waals surface area contributed by atoms with E-state index >= 15 is 0 Å². The van der Waals surface area contributed by atoms with E-state index in [2.05, 4.69) is 14.8 Å². The monoisotopic (exact) mass is 356 g/mol. The molecule has 3 nitrogen and oxygen atoms in total. The summed E-state index contributed by atoms with van der Waals surface area (Å²) in [4.78, 5) is 6.88. The molecule has 0 fully saturated rings. The molecular formula is C14H20O3Sn. The van der Waals surface area contributed by atoms with Crippen molar-refractivity contribution in [2.75, 3.05) is 0 Å². The number of hydrogen-bond acceptors (Lipinski definition) is 3. The van der Waals surface area contributed by atoms with E-state index in [1.807, 2.05) is 32.0 Å². The van der Waals surface area contributed by atoms with Crippen molar-refractivity contribution in [3.63, 3.8) is 0 Å². The second kappa shape index (κ2) is 5.03. The molecule has 0 N–H and O–H groups in total.